The largest absolute Gasteiger partial charge is 0.364 e. The summed E-state index contributed by atoms with van der Waals surface area (Å²) in [7, 11) is -2.12. The molecule has 1 atom stereocenters. The van der Waals surface area contributed by atoms with Gasteiger partial charge in [0.15, 0.2) is 0 Å². The first-order valence-electron chi connectivity index (χ1n) is 9.00. The van der Waals surface area contributed by atoms with E-state index in [4.69, 9.17) is 5.73 Å². The standard InChI is InChI=1S/C17H29N5O4S/c1-12(2)13(3)19-16(23)11-21-5-7-22(8-6-21)27(25,26)14-9-15(17(18)24)20(4)10-14/h9-10,12-13H,5-8,11H2,1-4H3,(H2,18,24)(H,19,23). The molecule has 2 amide bonds. The second kappa shape index (κ2) is 8.41. The van der Waals surface area contributed by atoms with Gasteiger partial charge in [0, 0.05) is 45.5 Å². The summed E-state index contributed by atoms with van der Waals surface area (Å²) in [6, 6.07) is 1.39. The minimum absolute atomic E-state index is 0.0516. The number of amides is 2. The number of nitrogens with zero attached hydrogens (tertiary/aromatic N) is 3. The van der Waals surface area contributed by atoms with E-state index in [-0.39, 0.29) is 42.2 Å². The number of nitrogens with one attached hydrogen (secondary N) is 1. The number of aryl methyl sites for hydroxylation is 1. The zero-order chi connectivity index (χ0) is 20.4. The molecule has 0 bridgehead atoms. The maximum atomic E-state index is 12.8. The van der Waals surface area contributed by atoms with Crippen LogP contribution in [0.15, 0.2) is 17.2 Å². The lowest BCUT2D eigenvalue weighted by molar-refractivity contribution is -0.123. The van der Waals surface area contributed by atoms with E-state index in [1.807, 2.05) is 25.7 Å². The Kier molecular flexibility index (Phi) is 6.66. The Balaban J connectivity index is 1.95. The van der Waals surface area contributed by atoms with Crippen molar-refractivity contribution < 1.29 is 18.0 Å². The average molecular weight is 400 g/mol. The van der Waals surface area contributed by atoms with Gasteiger partial charge in [-0.05, 0) is 18.9 Å². The van der Waals surface area contributed by atoms with Crippen molar-refractivity contribution in [3.8, 4) is 0 Å². The second-order valence-corrected chi connectivity index (χ2v) is 9.25. The molecule has 0 radical (unpaired) electrons. The van der Waals surface area contributed by atoms with Gasteiger partial charge in [-0.1, -0.05) is 13.8 Å². The lowest BCUT2D eigenvalue weighted by Gasteiger charge is -2.33. The van der Waals surface area contributed by atoms with Crippen molar-refractivity contribution in [1.29, 1.82) is 0 Å². The molecule has 1 fully saturated rings. The fraction of sp³-hybridized carbons (Fsp3) is 0.647. The topological polar surface area (TPSA) is 118 Å². The Labute approximate surface area is 160 Å². The average Bonchev–Trinajstić information content (AvgIpc) is 2.98. The smallest absolute Gasteiger partial charge is 0.265 e. The number of carbonyl (C=O) groups is 2. The molecule has 1 aliphatic heterocycles. The summed E-state index contributed by atoms with van der Waals surface area (Å²) in [4.78, 5) is 25.4. The van der Waals surface area contributed by atoms with Crippen molar-refractivity contribution in [3.05, 3.63) is 18.0 Å². The summed E-state index contributed by atoms with van der Waals surface area (Å²) in [5.41, 5.74) is 5.40. The number of aromatic nitrogens is 1. The Morgan fingerprint density at radius 3 is 2.26 bits per heavy atom. The Hall–Kier alpha value is -1.91. The summed E-state index contributed by atoms with van der Waals surface area (Å²) in [6.07, 6.45) is 1.39. The lowest BCUT2D eigenvalue weighted by Crippen LogP contribution is -2.51. The highest BCUT2D eigenvalue weighted by atomic mass is 32.2. The van der Waals surface area contributed by atoms with Gasteiger partial charge in [0.1, 0.15) is 10.6 Å². The van der Waals surface area contributed by atoms with Gasteiger partial charge in [0.25, 0.3) is 5.91 Å². The zero-order valence-electron chi connectivity index (χ0n) is 16.3. The molecule has 152 valence electrons. The normalized spacial score (nSPS) is 17.8. The van der Waals surface area contributed by atoms with E-state index in [1.165, 1.54) is 21.1 Å². The number of primary amides is 1. The van der Waals surface area contributed by atoms with Crippen molar-refractivity contribution in [2.24, 2.45) is 18.7 Å². The molecule has 27 heavy (non-hydrogen) atoms. The van der Waals surface area contributed by atoms with Crippen molar-refractivity contribution in [1.82, 2.24) is 19.1 Å². The summed E-state index contributed by atoms with van der Waals surface area (Å²) in [5.74, 6) is -0.376. The minimum atomic E-state index is -3.70. The molecular weight excluding hydrogens is 370 g/mol. The van der Waals surface area contributed by atoms with Gasteiger partial charge in [-0.3, -0.25) is 14.5 Å². The Bertz CT molecular complexity index is 794. The predicted molar refractivity (Wildman–Crippen MR) is 102 cm³/mol. The van der Waals surface area contributed by atoms with Crippen molar-refractivity contribution in [2.75, 3.05) is 32.7 Å². The van der Waals surface area contributed by atoms with E-state index in [9.17, 15) is 18.0 Å². The highest BCUT2D eigenvalue weighted by Crippen LogP contribution is 2.20. The van der Waals surface area contributed by atoms with Crippen LogP contribution in [-0.4, -0.2) is 72.8 Å². The van der Waals surface area contributed by atoms with E-state index >= 15 is 0 Å². The molecule has 0 spiro atoms. The number of hydrogen-bond donors (Lipinski definition) is 2. The molecular formula is C17H29N5O4S. The summed E-state index contributed by atoms with van der Waals surface area (Å²) >= 11 is 0. The second-order valence-electron chi connectivity index (χ2n) is 7.32. The quantitative estimate of drug-likeness (QED) is 0.646. The Morgan fingerprint density at radius 2 is 1.78 bits per heavy atom. The van der Waals surface area contributed by atoms with Gasteiger partial charge in [-0.25, -0.2) is 8.42 Å². The summed E-state index contributed by atoms with van der Waals surface area (Å²) in [5, 5.41) is 2.95. The molecule has 1 aliphatic rings. The number of carbonyl (C=O) groups excluding carboxylic acids is 2. The molecule has 0 saturated carbocycles. The van der Waals surface area contributed by atoms with Gasteiger partial charge < -0.3 is 15.6 Å². The maximum absolute atomic E-state index is 12.8. The molecule has 1 aromatic rings. The van der Waals surface area contributed by atoms with E-state index in [1.54, 1.807) is 7.05 Å². The molecule has 10 heteroatoms. The van der Waals surface area contributed by atoms with Crippen LogP contribution in [0.2, 0.25) is 0 Å². The first kappa shape index (κ1) is 21.4. The first-order chi connectivity index (χ1) is 12.5. The van der Waals surface area contributed by atoms with Crippen LogP contribution < -0.4 is 11.1 Å². The number of nitrogens with two attached hydrogens (primary N) is 1. The fourth-order valence-electron chi connectivity index (χ4n) is 2.87. The summed E-state index contributed by atoms with van der Waals surface area (Å²) in [6.45, 7) is 7.82. The monoisotopic (exact) mass is 399 g/mol. The molecule has 0 aliphatic carbocycles. The van der Waals surface area contributed by atoms with E-state index in [0.717, 1.165) is 0 Å². The van der Waals surface area contributed by atoms with Crippen molar-refractivity contribution >= 4 is 21.8 Å². The molecule has 1 saturated heterocycles. The maximum Gasteiger partial charge on any atom is 0.265 e. The molecule has 2 heterocycles. The van der Waals surface area contributed by atoms with Crippen LogP contribution in [0.1, 0.15) is 31.3 Å². The van der Waals surface area contributed by atoms with Crippen molar-refractivity contribution in [2.45, 2.75) is 31.7 Å². The third-order valence-electron chi connectivity index (χ3n) is 4.96. The SMILES string of the molecule is CC(C)C(C)NC(=O)CN1CCN(S(=O)(=O)c2cc(C(N)=O)n(C)c2)CC1. The molecule has 2 rings (SSSR count). The van der Waals surface area contributed by atoms with Gasteiger partial charge in [0.05, 0.1) is 6.54 Å². The highest BCUT2D eigenvalue weighted by Gasteiger charge is 2.30. The third-order valence-corrected chi connectivity index (χ3v) is 6.82. The van der Waals surface area contributed by atoms with Gasteiger partial charge >= 0.3 is 0 Å². The molecule has 1 aromatic heterocycles. The van der Waals surface area contributed by atoms with Gasteiger partial charge in [-0.2, -0.15) is 4.31 Å². The van der Waals surface area contributed by atoms with Gasteiger partial charge in [0.2, 0.25) is 15.9 Å². The van der Waals surface area contributed by atoms with Crippen LogP contribution in [-0.2, 0) is 21.9 Å². The summed E-state index contributed by atoms with van der Waals surface area (Å²) < 4.78 is 28.4. The Morgan fingerprint density at radius 1 is 1.19 bits per heavy atom. The number of sulfonamides is 1. The van der Waals surface area contributed by atoms with E-state index in [2.05, 4.69) is 5.32 Å². The zero-order valence-corrected chi connectivity index (χ0v) is 17.1. The van der Waals surface area contributed by atoms with Crippen LogP contribution in [0.4, 0.5) is 0 Å². The molecule has 3 N–H and O–H groups in total. The molecule has 1 unspecified atom stereocenters. The molecule has 0 aromatic carbocycles. The van der Waals surface area contributed by atoms with Crippen molar-refractivity contribution in [3.63, 3.8) is 0 Å². The highest BCUT2D eigenvalue weighted by molar-refractivity contribution is 7.89. The van der Waals surface area contributed by atoms with E-state index in [0.29, 0.717) is 19.0 Å². The fourth-order valence-corrected chi connectivity index (χ4v) is 4.36. The van der Waals surface area contributed by atoms with Crippen LogP contribution in [0, 0.1) is 5.92 Å². The number of rotatable bonds is 7. The number of piperazine rings is 1. The van der Waals surface area contributed by atoms with Crippen LogP contribution >= 0.6 is 0 Å². The number of hydrogen-bond acceptors (Lipinski definition) is 5. The lowest BCUT2D eigenvalue weighted by atomic mass is 10.1. The van der Waals surface area contributed by atoms with Crippen LogP contribution in [0.5, 0.6) is 0 Å². The minimum Gasteiger partial charge on any atom is -0.364 e. The van der Waals surface area contributed by atoms with Crippen LogP contribution in [0.25, 0.3) is 0 Å². The van der Waals surface area contributed by atoms with Crippen LogP contribution in [0.3, 0.4) is 0 Å². The molecule has 9 nitrogen and oxygen atoms in total. The first-order valence-corrected chi connectivity index (χ1v) is 10.4. The van der Waals surface area contributed by atoms with E-state index < -0.39 is 15.9 Å². The third kappa shape index (κ3) is 5.08. The van der Waals surface area contributed by atoms with Gasteiger partial charge in [-0.15, -0.1) is 0 Å². The predicted octanol–water partition coefficient (Wildman–Crippen LogP) is -0.409.